The van der Waals surface area contributed by atoms with Gasteiger partial charge in [0.2, 0.25) is 0 Å². The second-order valence-corrected chi connectivity index (χ2v) is 18.9. The van der Waals surface area contributed by atoms with E-state index in [-0.39, 0.29) is 31.5 Å². The molecule has 0 saturated heterocycles. The minimum atomic E-state index is -2.13. The first kappa shape index (κ1) is 31.7. The van der Waals surface area contributed by atoms with Crippen LogP contribution in [0.2, 0.25) is 19.6 Å². The first-order valence-electron chi connectivity index (χ1n) is 18.4. The van der Waals surface area contributed by atoms with Gasteiger partial charge >= 0.3 is 0 Å². The number of fused-ring (bicyclic) bond motifs is 3. The van der Waals surface area contributed by atoms with Crippen LogP contribution >= 0.6 is 0 Å². The van der Waals surface area contributed by atoms with Gasteiger partial charge in [-0.05, 0) is 89.8 Å². The molecule has 0 unspecified atom stereocenters. The molecular weight excluding hydrogens is 812 g/mol. The van der Waals surface area contributed by atoms with Gasteiger partial charge in [0.15, 0.2) is 0 Å². The number of aromatic nitrogens is 2. The van der Waals surface area contributed by atoms with E-state index in [0.717, 1.165) is 44.4 Å². The van der Waals surface area contributed by atoms with E-state index in [1.165, 1.54) is 45.6 Å². The number of aryl methyl sites for hydroxylation is 4. The third-order valence-corrected chi connectivity index (χ3v) is 10.7. The van der Waals surface area contributed by atoms with Crippen LogP contribution < -0.4 is 5.19 Å². The third-order valence-electron chi connectivity index (χ3n) is 8.71. The number of rotatable bonds is 5. The van der Waals surface area contributed by atoms with E-state index in [2.05, 4.69) is 80.7 Å². The van der Waals surface area contributed by atoms with Gasteiger partial charge in [0, 0.05) is 43.4 Å². The van der Waals surface area contributed by atoms with Crippen LogP contribution in [-0.4, -0.2) is 18.0 Å². The largest absolute Gasteiger partial charge is 0.501 e. The predicted molar refractivity (Wildman–Crippen MR) is 206 cm³/mol. The Morgan fingerprint density at radius 3 is 2.26 bits per heavy atom. The number of halogens is 1. The molecule has 3 nitrogen and oxygen atoms in total. The average molecular weight is 859 g/mol. The molecule has 0 amide bonds. The van der Waals surface area contributed by atoms with E-state index in [0.29, 0.717) is 11.2 Å². The number of furan rings is 1. The van der Waals surface area contributed by atoms with Crippen molar-refractivity contribution in [1.29, 1.82) is 0 Å². The Labute approximate surface area is 316 Å². The van der Waals surface area contributed by atoms with Crippen LogP contribution in [0.25, 0.3) is 55.6 Å². The molecule has 0 saturated carbocycles. The van der Waals surface area contributed by atoms with Gasteiger partial charge in [-0.25, -0.2) is 4.39 Å². The van der Waals surface area contributed by atoms with E-state index in [1.54, 1.807) is 18.2 Å². The van der Waals surface area contributed by atoms with Gasteiger partial charge in [-0.3, -0.25) is 0 Å². The summed E-state index contributed by atoms with van der Waals surface area (Å²) in [6.07, 6.45) is 3.71. The fourth-order valence-corrected chi connectivity index (χ4v) is 8.04. The zero-order valence-corrected chi connectivity index (χ0v) is 33.1. The standard InChI is InChI=1S/C26H19FNO.C18H24NSi.Ir/c1-15-11-16(2)25(17(3)12-15)18-9-10-28-23(13-18)21-6-4-5-20-22-14-19(27)7-8-24(22)29-26(20)21;1-13(2)16-11-17(15-9-7-14(3)8-10-15)19-12-18(16)20(4,5)6;/h4-5,7-14H,1-3H3;7-9,11-13H,1-6H3;/q2*-1;/i;3D3,13D;. The first-order valence-corrected chi connectivity index (χ1v) is 19.9. The van der Waals surface area contributed by atoms with Crippen molar-refractivity contribution in [2.24, 2.45) is 0 Å². The molecule has 4 aromatic carbocycles. The molecule has 7 aromatic rings. The molecule has 3 heterocycles. The van der Waals surface area contributed by atoms with Crippen LogP contribution in [0.5, 0.6) is 0 Å². The SMILES string of the molecule is Cc1cc(C)c(-c2ccnc(-c3[c-]ccc4c3oc3ccc(F)cc34)c2)c(C)c1.[2H]C([2H])([2H])c1c[c-]c(-c2cc(C([2H])(C)C)c([Si](C)(C)C)cn2)cc1.[Ir]. The molecule has 0 aliphatic rings. The molecule has 0 aliphatic carbocycles. The summed E-state index contributed by atoms with van der Waals surface area (Å²) >= 11 is 0. The topological polar surface area (TPSA) is 38.9 Å². The Balaban J connectivity index is 0.000000208. The van der Waals surface area contributed by atoms with E-state index >= 15 is 0 Å². The number of pyridine rings is 2. The summed E-state index contributed by atoms with van der Waals surface area (Å²) in [7, 11) is -1.61. The maximum atomic E-state index is 13.7. The summed E-state index contributed by atoms with van der Waals surface area (Å²) in [4.78, 5) is 9.15. The Kier molecular flexibility index (Phi) is 9.49. The van der Waals surface area contributed by atoms with Crippen molar-refractivity contribution < 1.29 is 34.4 Å². The monoisotopic (exact) mass is 859 g/mol. The van der Waals surface area contributed by atoms with Gasteiger partial charge < -0.3 is 14.4 Å². The molecule has 257 valence electrons. The average Bonchev–Trinajstić information content (AvgIpc) is 3.45. The van der Waals surface area contributed by atoms with Crippen molar-refractivity contribution in [3.8, 4) is 33.6 Å². The Morgan fingerprint density at radius 1 is 0.840 bits per heavy atom. The van der Waals surface area contributed by atoms with Crippen LogP contribution in [0.15, 0.2) is 95.7 Å². The minimum absolute atomic E-state index is 0. The van der Waals surface area contributed by atoms with Crippen molar-refractivity contribution in [1.82, 2.24) is 9.97 Å². The molecule has 1 radical (unpaired) electrons. The van der Waals surface area contributed by atoms with E-state index in [9.17, 15) is 4.39 Å². The number of benzene rings is 4. The van der Waals surface area contributed by atoms with Crippen LogP contribution in [0, 0.1) is 45.6 Å². The van der Waals surface area contributed by atoms with E-state index in [1.807, 2.05) is 50.5 Å². The third kappa shape index (κ3) is 7.73. The summed E-state index contributed by atoms with van der Waals surface area (Å²) < 4.78 is 50.6. The Morgan fingerprint density at radius 2 is 1.60 bits per heavy atom. The van der Waals surface area contributed by atoms with Crippen molar-refractivity contribution >= 4 is 35.2 Å². The summed E-state index contributed by atoms with van der Waals surface area (Å²) in [5.41, 5.74) is 11.7. The fourth-order valence-electron chi connectivity index (χ4n) is 6.46. The minimum Gasteiger partial charge on any atom is -0.501 e. The number of hydrogen-bond donors (Lipinski definition) is 0. The summed E-state index contributed by atoms with van der Waals surface area (Å²) in [5, 5.41) is 2.81. The molecule has 7 rings (SSSR count). The molecule has 0 N–H and O–H groups in total. The smallest absolute Gasteiger partial charge is 0.124 e. The molecule has 0 atom stereocenters. The van der Waals surface area contributed by atoms with Crippen molar-refractivity contribution in [2.45, 2.75) is 67.0 Å². The molecule has 0 spiro atoms. The maximum Gasteiger partial charge on any atom is 0.124 e. The molecular formula is C44H43FIrN2OSi-2. The van der Waals surface area contributed by atoms with Crippen molar-refractivity contribution in [3.63, 3.8) is 0 Å². The Hall–Kier alpha value is -4.22. The number of nitrogens with zero attached hydrogens (tertiary/aromatic N) is 2. The van der Waals surface area contributed by atoms with E-state index < -0.39 is 20.8 Å². The normalized spacial score (nSPS) is 13.1. The quantitative estimate of drug-likeness (QED) is 0.128. The van der Waals surface area contributed by atoms with Gasteiger partial charge in [-0.15, -0.1) is 53.6 Å². The summed E-state index contributed by atoms with van der Waals surface area (Å²) in [6, 6.07) is 29.9. The summed E-state index contributed by atoms with van der Waals surface area (Å²) in [6.45, 7) is 14.8. The summed E-state index contributed by atoms with van der Waals surface area (Å²) in [5.74, 6) is -0.994. The van der Waals surface area contributed by atoms with Gasteiger partial charge in [-0.1, -0.05) is 86.7 Å². The van der Waals surface area contributed by atoms with Gasteiger partial charge in [0.25, 0.3) is 0 Å². The zero-order chi connectivity index (χ0) is 38.5. The Bertz CT molecular complexity index is 2440. The van der Waals surface area contributed by atoms with Gasteiger partial charge in [0.05, 0.1) is 13.7 Å². The molecule has 3 aromatic heterocycles. The van der Waals surface area contributed by atoms with Crippen molar-refractivity contribution in [2.75, 3.05) is 0 Å². The van der Waals surface area contributed by atoms with Gasteiger partial charge in [0.1, 0.15) is 11.4 Å². The number of hydrogen-bond acceptors (Lipinski definition) is 3. The molecule has 0 fully saturated rings. The van der Waals surface area contributed by atoms with Crippen molar-refractivity contribution in [3.05, 3.63) is 137 Å². The molecule has 50 heavy (non-hydrogen) atoms. The van der Waals surface area contributed by atoms with Gasteiger partial charge in [-0.2, -0.15) is 0 Å². The first-order chi connectivity index (χ1) is 24.8. The second-order valence-electron chi connectivity index (χ2n) is 13.9. The van der Waals surface area contributed by atoms with Crippen LogP contribution in [0.1, 0.15) is 53.0 Å². The second kappa shape index (κ2) is 14.9. The van der Waals surface area contributed by atoms with Crippen LogP contribution in [0.4, 0.5) is 4.39 Å². The molecule has 0 aliphatic heterocycles. The molecule has 6 heteroatoms. The van der Waals surface area contributed by atoms with Crippen LogP contribution in [-0.2, 0) is 20.1 Å². The zero-order valence-electron chi connectivity index (χ0n) is 33.7. The molecule has 0 bridgehead atoms. The maximum absolute atomic E-state index is 13.7. The van der Waals surface area contributed by atoms with Crippen LogP contribution in [0.3, 0.4) is 0 Å². The van der Waals surface area contributed by atoms with E-state index in [4.69, 9.17) is 9.90 Å². The fraction of sp³-hybridized carbons (Fsp3) is 0.227. The predicted octanol–water partition coefficient (Wildman–Crippen LogP) is 11.7.